The van der Waals surface area contributed by atoms with Crippen molar-refractivity contribution in [2.24, 2.45) is 0 Å². The number of halogens is 7. The summed E-state index contributed by atoms with van der Waals surface area (Å²) in [6.07, 6.45) is -5.58. The van der Waals surface area contributed by atoms with Gasteiger partial charge in [0.25, 0.3) is 0 Å². The van der Waals surface area contributed by atoms with E-state index in [9.17, 15) is 30.7 Å². The molecule has 1 aromatic rings. The monoisotopic (exact) mass is 279 g/mol. The topological polar surface area (TPSA) is 43.8 Å². The van der Waals surface area contributed by atoms with Crippen LogP contribution in [0.2, 0.25) is 0 Å². The number of alkyl halides is 7. The van der Waals surface area contributed by atoms with Crippen molar-refractivity contribution in [3.05, 3.63) is 11.9 Å². The molecule has 0 amide bonds. The summed E-state index contributed by atoms with van der Waals surface area (Å²) < 4.78 is 86.8. The van der Waals surface area contributed by atoms with E-state index in [0.717, 1.165) is 6.20 Å². The van der Waals surface area contributed by atoms with Crippen molar-refractivity contribution < 1.29 is 30.7 Å². The molecule has 0 spiro atoms. The van der Waals surface area contributed by atoms with Crippen molar-refractivity contribution in [2.75, 3.05) is 5.73 Å². The van der Waals surface area contributed by atoms with Gasteiger partial charge in [-0.15, -0.1) is 0 Å². The Bertz CT molecular complexity index is 415. The highest BCUT2D eigenvalue weighted by Crippen LogP contribution is 2.47. The third-order valence-corrected chi connectivity index (χ3v) is 2.16. The summed E-state index contributed by atoms with van der Waals surface area (Å²) in [6, 6.07) is 0. The molecule has 1 rings (SSSR count). The molecule has 0 aliphatic heterocycles. The minimum atomic E-state index is -6.34. The molecule has 2 N–H and O–H groups in total. The minimum Gasteiger partial charge on any atom is -0.396 e. The van der Waals surface area contributed by atoms with Crippen LogP contribution in [0.5, 0.6) is 0 Å². The maximum Gasteiger partial charge on any atom is 0.459 e. The molecular formula is C8H8F7N3. The number of rotatable bonds is 3. The quantitative estimate of drug-likeness (QED) is 0.864. The second kappa shape index (κ2) is 4.02. The highest BCUT2D eigenvalue weighted by atomic mass is 19.4. The van der Waals surface area contributed by atoms with Crippen LogP contribution in [0.3, 0.4) is 0 Å². The first-order valence-electron chi connectivity index (χ1n) is 4.50. The predicted octanol–water partition coefficient (Wildman–Crippen LogP) is 2.61. The fraction of sp³-hybridized carbons (Fsp3) is 0.625. The molecule has 0 saturated carbocycles. The van der Waals surface area contributed by atoms with Crippen molar-refractivity contribution in [2.45, 2.75) is 31.5 Å². The standard InChI is InChI=1S/C8H8F7N3/c1-4-5(16)2-18(17-4)3-6(9,10)7(11,12)8(13,14)15/h2H,3,16H2,1H3. The van der Waals surface area contributed by atoms with Gasteiger partial charge in [-0.05, 0) is 6.92 Å². The zero-order chi connectivity index (χ0) is 14.4. The zero-order valence-corrected chi connectivity index (χ0v) is 8.90. The summed E-state index contributed by atoms with van der Waals surface area (Å²) in [7, 11) is 0. The lowest BCUT2D eigenvalue weighted by molar-refractivity contribution is -0.357. The number of aromatic nitrogens is 2. The Morgan fingerprint density at radius 3 is 2.00 bits per heavy atom. The first-order valence-corrected chi connectivity index (χ1v) is 4.50. The number of hydrogen-bond acceptors (Lipinski definition) is 2. The number of nitrogen functional groups attached to an aromatic ring is 1. The highest BCUT2D eigenvalue weighted by molar-refractivity contribution is 5.39. The lowest BCUT2D eigenvalue weighted by Gasteiger charge is -2.27. The highest BCUT2D eigenvalue weighted by Gasteiger charge is 2.73. The number of nitrogens with zero attached hydrogens (tertiary/aromatic N) is 2. The molecule has 0 aliphatic carbocycles. The summed E-state index contributed by atoms with van der Waals surface area (Å²) in [5, 5.41) is 3.30. The van der Waals surface area contributed by atoms with Gasteiger partial charge in [-0.2, -0.15) is 35.8 Å². The maximum atomic E-state index is 13.0. The largest absolute Gasteiger partial charge is 0.459 e. The van der Waals surface area contributed by atoms with Crippen molar-refractivity contribution in [3.8, 4) is 0 Å². The smallest absolute Gasteiger partial charge is 0.396 e. The van der Waals surface area contributed by atoms with Crippen molar-refractivity contribution in [1.82, 2.24) is 9.78 Å². The van der Waals surface area contributed by atoms with E-state index in [0.29, 0.717) is 0 Å². The normalized spacial score (nSPS) is 14.0. The van der Waals surface area contributed by atoms with Gasteiger partial charge in [0, 0.05) is 6.20 Å². The molecule has 0 radical (unpaired) electrons. The minimum absolute atomic E-state index is 0.0566. The Kier molecular flexibility index (Phi) is 3.26. The van der Waals surface area contributed by atoms with Crippen LogP contribution in [-0.4, -0.2) is 27.8 Å². The molecule has 104 valence electrons. The van der Waals surface area contributed by atoms with Gasteiger partial charge in [-0.25, -0.2) is 0 Å². The Morgan fingerprint density at radius 1 is 1.17 bits per heavy atom. The molecule has 0 saturated heterocycles. The lowest BCUT2D eigenvalue weighted by atomic mass is 10.1. The van der Waals surface area contributed by atoms with Gasteiger partial charge < -0.3 is 5.73 Å². The molecule has 0 aromatic carbocycles. The van der Waals surface area contributed by atoms with E-state index in [1.807, 2.05) is 0 Å². The number of aryl methyl sites for hydroxylation is 1. The maximum absolute atomic E-state index is 13.0. The van der Waals surface area contributed by atoms with E-state index in [2.05, 4.69) is 5.10 Å². The molecule has 0 fully saturated rings. The Labute approximate surface area is 96.4 Å². The summed E-state index contributed by atoms with van der Waals surface area (Å²) in [5.41, 5.74) is 5.19. The summed E-state index contributed by atoms with van der Waals surface area (Å²) >= 11 is 0. The molecule has 0 atom stereocenters. The Balaban J connectivity index is 3.01. The first-order chi connectivity index (χ1) is 7.88. The molecule has 3 nitrogen and oxygen atoms in total. The number of nitrogens with two attached hydrogens (primary N) is 1. The van der Waals surface area contributed by atoms with Gasteiger partial charge in [-0.1, -0.05) is 0 Å². The Morgan fingerprint density at radius 2 is 1.67 bits per heavy atom. The fourth-order valence-corrected chi connectivity index (χ4v) is 1.12. The van der Waals surface area contributed by atoms with Gasteiger partial charge in [0.1, 0.15) is 6.54 Å². The Hall–Kier alpha value is -1.48. The van der Waals surface area contributed by atoms with Gasteiger partial charge in [0.2, 0.25) is 0 Å². The SMILES string of the molecule is Cc1nn(CC(F)(F)C(F)(F)C(F)(F)F)cc1N. The average Bonchev–Trinajstić information content (AvgIpc) is 2.42. The molecule has 1 aromatic heterocycles. The summed E-state index contributed by atoms with van der Waals surface area (Å²) in [6.45, 7) is -0.622. The third kappa shape index (κ3) is 2.36. The number of anilines is 1. The van der Waals surface area contributed by atoms with Gasteiger partial charge >= 0.3 is 18.0 Å². The van der Waals surface area contributed by atoms with Crippen LogP contribution < -0.4 is 5.73 Å². The van der Waals surface area contributed by atoms with Crippen LogP contribution in [0.1, 0.15) is 5.69 Å². The van der Waals surface area contributed by atoms with E-state index in [-0.39, 0.29) is 16.1 Å². The van der Waals surface area contributed by atoms with Crippen molar-refractivity contribution in [1.29, 1.82) is 0 Å². The average molecular weight is 279 g/mol. The van der Waals surface area contributed by atoms with E-state index < -0.39 is 24.6 Å². The van der Waals surface area contributed by atoms with E-state index >= 15 is 0 Å². The van der Waals surface area contributed by atoms with Gasteiger partial charge in [-0.3, -0.25) is 4.68 Å². The van der Waals surface area contributed by atoms with Crippen molar-refractivity contribution >= 4 is 5.69 Å². The van der Waals surface area contributed by atoms with Crippen LogP contribution in [0.15, 0.2) is 6.20 Å². The van der Waals surface area contributed by atoms with Gasteiger partial charge in [0.05, 0.1) is 11.4 Å². The van der Waals surface area contributed by atoms with Crippen LogP contribution in [-0.2, 0) is 6.54 Å². The molecule has 10 heteroatoms. The second-order valence-corrected chi connectivity index (χ2v) is 3.64. The zero-order valence-electron chi connectivity index (χ0n) is 8.90. The van der Waals surface area contributed by atoms with Crippen LogP contribution in [0.25, 0.3) is 0 Å². The molecule has 0 aliphatic rings. The predicted molar refractivity (Wildman–Crippen MR) is 47.3 cm³/mol. The van der Waals surface area contributed by atoms with Crippen LogP contribution >= 0.6 is 0 Å². The third-order valence-electron chi connectivity index (χ3n) is 2.16. The molecule has 0 unspecified atom stereocenters. The first kappa shape index (κ1) is 14.6. The fourth-order valence-electron chi connectivity index (χ4n) is 1.12. The van der Waals surface area contributed by atoms with Gasteiger partial charge in [0.15, 0.2) is 0 Å². The van der Waals surface area contributed by atoms with Crippen LogP contribution in [0, 0.1) is 6.92 Å². The summed E-state index contributed by atoms with van der Waals surface area (Å²) in [4.78, 5) is 0. The molecular weight excluding hydrogens is 271 g/mol. The van der Waals surface area contributed by atoms with E-state index in [4.69, 9.17) is 5.73 Å². The molecule has 0 bridgehead atoms. The summed E-state index contributed by atoms with van der Waals surface area (Å²) in [5.74, 6) is -11.5. The second-order valence-electron chi connectivity index (χ2n) is 3.64. The molecule has 1 heterocycles. The molecule has 18 heavy (non-hydrogen) atoms. The lowest BCUT2D eigenvalue weighted by Crippen LogP contribution is -2.53. The van der Waals surface area contributed by atoms with E-state index in [1.54, 1.807) is 0 Å². The van der Waals surface area contributed by atoms with Crippen LogP contribution in [0.4, 0.5) is 36.4 Å². The van der Waals surface area contributed by atoms with Crippen molar-refractivity contribution in [3.63, 3.8) is 0 Å². The number of hydrogen-bond donors (Lipinski definition) is 1. The van der Waals surface area contributed by atoms with E-state index in [1.165, 1.54) is 6.92 Å².